The molecule has 0 saturated heterocycles. The summed E-state index contributed by atoms with van der Waals surface area (Å²) in [5, 5.41) is 10.6. The van der Waals surface area contributed by atoms with Crippen molar-refractivity contribution in [2.24, 2.45) is 5.92 Å². The summed E-state index contributed by atoms with van der Waals surface area (Å²) in [5.41, 5.74) is 1.38. The Bertz CT molecular complexity index is 1110. The molecular weight excluding hydrogens is 432 g/mol. The summed E-state index contributed by atoms with van der Waals surface area (Å²) in [5.74, 6) is 3.04. The summed E-state index contributed by atoms with van der Waals surface area (Å²) in [4.78, 5) is 17.8. The maximum atomic E-state index is 11.9. The molecule has 1 aliphatic carbocycles. The van der Waals surface area contributed by atoms with E-state index in [1.54, 1.807) is 50.7 Å². The quantitative estimate of drug-likeness (QED) is 0.366. The van der Waals surface area contributed by atoms with Crippen molar-refractivity contribution in [1.29, 1.82) is 0 Å². The molecule has 1 aliphatic rings. The van der Waals surface area contributed by atoms with Crippen molar-refractivity contribution in [3.8, 4) is 23.0 Å². The number of carboxylic acid groups (broad SMARTS) is 1. The van der Waals surface area contributed by atoms with Crippen LogP contribution in [-0.2, 0) is 0 Å². The maximum absolute atomic E-state index is 11.9. The van der Waals surface area contributed by atoms with E-state index in [0.717, 1.165) is 17.3 Å². The number of nitrogens with zero attached hydrogens (tertiary/aromatic N) is 2. The lowest BCUT2D eigenvalue weighted by molar-refractivity contribution is 0.201. The van der Waals surface area contributed by atoms with Crippen molar-refractivity contribution < 1.29 is 24.1 Å². The van der Waals surface area contributed by atoms with Gasteiger partial charge in [0.05, 0.1) is 19.7 Å². The molecule has 0 radical (unpaired) electrons. The summed E-state index contributed by atoms with van der Waals surface area (Å²) >= 11 is 0. The summed E-state index contributed by atoms with van der Waals surface area (Å²) in [6.45, 7) is 0.511. The van der Waals surface area contributed by atoms with Crippen LogP contribution < -0.4 is 19.1 Å². The Balaban J connectivity index is 1.49. The van der Waals surface area contributed by atoms with Crippen LogP contribution in [0.4, 0.5) is 10.5 Å². The Labute approximate surface area is 200 Å². The predicted octanol–water partition coefficient (Wildman–Crippen LogP) is 6.89. The molecule has 0 atom stereocenters. The van der Waals surface area contributed by atoms with Gasteiger partial charge in [0.25, 0.3) is 0 Å². The number of carbonyl (C=O) groups is 1. The zero-order valence-corrected chi connectivity index (χ0v) is 19.8. The first-order valence-corrected chi connectivity index (χ1v) is 11.9. The minimum absolute atomic E-state index is 0.511. The Hall–Kier alpha value is -3.48. The topological polar surface area (TPSA) is 81.1 Å². The van der Waals surface area contributed by atoms with Gasteiger partial charge in [0.15, 0.2) is 11.5 Å². The third-order valence-electron chi connectivity index (χ3n) is 6.55. The highest BCUT2D eigenvalue weighted by atomic mass is 16.5. The standard InChI is InChI=1S/C27H32N2O5/c1-32-25-17-22-23(18-26(25)33-2)28-15-13-24(22)34-21-11-9-20(10-12-21)29(27(30)31)16-14-19-7-5-3-4-6-8-19/h9-13,15,17-19H,3-8,14,16H2,1-2H3,(H,30,31). The van der Waals surface area contributed by atoms with Crippen LogP contribution >= 0.6 is 0 Å². The summed E-state index contributed by atoms with van der Waals surface area (Å²) in [7, 11) is 3.17. The molecule has 1 amide bonds. The van der Waals surface area contributed by atoms with Gasteiger partial charge in [-0.1, -0.05) is 38.5 Å². The zero-order chi connectivity index (χ0) is 23.9. The smallest absolute Gasteiger partial charge is 0.411 e. The van der Waals surface area contributed by atoms with Gasteiger partial charge in [-0.15, -0.1) is 0 Å². The molecule has 1 heterocycles. The van der Waals surface area contributed by atoms with E-state index >= 15 is 0 Å². The number of ether oxygens (including phenoxy) is 3. The van der Waals surface area contributed by atoms with Gasteiger partial charge in [0.1, 0.15) is 11.5 Å². The summed E-state index contributed by atoms with van der Waals surface area (Å²) in [6, 6.07) is 12.6. The van der Waals surface area contributed by atoms with Crippen LogP contribution in [0.25, 0.3) is 10.9 Å². The summed E-state index contributed by atoms with van der Waals surface area (Å²) < 4.78 is 16.9. The van der Waals surface area contributed by atoms with E-state index in [0.29, 0.717) is 41.1 Å². The fourth-order valence-corrected chi connectivity index (χ4v) is 4.66. The number of hydrogen-bond donors (Lipinski definition) is 1. The van der Waals surface area contributed by atoms with E-state index in [4.69, 9.17) is 14.2 Å². The normalized spacial score (nSPS) is 14.4. The maximum Gasteiger partial charge on any atom is 0.411 e. The highest BCUT2D eigenvalue weighted by molar-refractivity contribution is 5.88. The van der Waals surface area contributed by atoms with Gasteiger partial charge >= 0.3 is 6.09 Å². The average molecular weight is 465 g/mol. The lowest BCUT2D eigenvalue weighted by Gasteiger charge is -2.22. The number of pyridine rings is 1. The van der Waals surface area contributed by atoms with Crippen molar-refractivity contribution >= 4 is 22.7 Å². The Morgan fingerprint density at radius 2 is 1.65 bits per heavy atom. The highest BCUT2D eigenvalue weighted by Crippen LogP contribution is 2.37. The Morgan fingerprint density at radius 3 is 2.29 bits per heavy atom. The fourth-order valence-electron chi connectivity index (χ4n) is 4.66. The van der Waals surface area contributed by atoms with Gasteiger partial charge in [-0.05, 0) is 48.7 Å². The van der Waals surface area contributed by atoms with Crippen LogP contribution in [0.15, 0.2) is 48.7 Å². The van der Waals surface area contributed by atoms with E-state index in [1.165, 1.54) is 43.4 Å². The molecule has 1 fully saturated rings. The monoisotopic (exact) mass is 464 g/mol. The molecule has 0 bridgehead atoms. The van der Waals surface area contributed by atoms with Crippen LogP contribution in [0.3, 0.4) is 0 Å². The van der Waals surface area contributed by atoms with Crippen molar-refractivity contribution in [2.45, 2.75) is 44.9 Å². The largest absolute Gasteiger partial charge is 0.493 e. The fraction of sp³-hybridized carbons (Fsp3) is 0.407. The predicted molar refractivity (Wildman–Crippen MR) is 133 cm³/mol. The minimum atomic E-state index is -0.927. The van der Waals surface area contributed by atoms with Crippen LogP contribution in [0.2, 0.25) is 0 Å². The second kappa shape index (κ2) is 11.1. The van der Waals surface area contributed by atoms with E-state index < -0.39 is 6.09 Å². The van der Waals surface area contributed by atoms with Crippen LogP contribution in [-0.4, -0.2) is 36.9 Å². The van der Waals surface area contributed by atoms with Crippen molar-refractivity contribution in [3.63, 3.8) is 0 Å². The zero-order valence-electron chi connectivity index (χ0n) is 19.8. The molecule has 1 aromatic heterocycles. The number of anilines is 1. The lowest BCUT2D eigenvalue weighted by atomic mass is 9.96. The second-order valence-corrected chi connectivity index (χ2v) is 8.71. The molecule has 180 valence electrons. The van der Waals surface area contributed by atoms with Crippen LogP contribution in [0.1, 0.15) is 44.9 Å². The van der Waals surface area contributed by atoms with Gasteiger partial charge in [0.2, 0.25) is 0 Å². The third-order valence-corrected chi connectivity index (χ3v) is 6.55. The molecule has 3 aromatic rings. The highest BCUT2D eigenvalue weighted by Gasteiger charge is 2.19. The first-order valence-electron chi connectivity index (χ1n) is 11.9. The van der Waals surface area contributed by atoms with Crippen molar-refractivity contribution in [3.05, 3.63) is 48.7 Å². The first-order chi connectivity index (χ1) is 16.6. The number of aromatic nitrogens is 1. The molecule has 7 nitrogen and oxygen atoms in total. The Morgan fingerprint density at radius 1 is 0.971 bits per heavy atom. The van der Waals surface area contributed by atoms with Gasteiger partial charge in [-0.3, -0.25) is 9.88 Å². The lowest BCUT2D eigenvalue weighted by Crippen LogP contribution is -2.31. The van der Waals surface area contributed by atoms with Gasteiger partial charge in [-0.25, -0.2) is 4.79 Å². The number of hydrogen-bond acceptors (Lipinski definition) is 5. The molecule has 2 aromatic carbocycles. The van der Waals surface area contributed by atoms with E-state index in [1.807, 2.05) is 12.1 Å². The molecule has 7 heteroatoms. The summed E-state index contributed by atoms with van der Waals surface area (Å²) in [6.07, 6.45) is 9.17. The van der Waals surface area contributed by atoms with Crippen LogP contribution in [0, 0.1) is 5.92 Å². The van der Waals surface area contributed by atoms with Crippen molar-refractivity contribution in [2.75, 3.05) is 25.7 Å². The molecule has 4 rings (SSSR count). The average Bonchev–Trinajstić information content (AvgIpc) is 3.13. The first kappa shape index (κ1) is 23.7. The molecule has 0 aliphatic heterocycles. The van der Waals surface area contributed by atoms with Gasteiger partial charge < -0.3 is 19.3 Å². The van der Waals surface area contributed by atoms with Gasteiger partial charge in [-0.2, -0.15) is 0 Å². The molecule has 0 unspecified atom stereocenters. The molecule has 1 N–H and O–H groups in total. The molecular formula is C27H32N2O5. The number of methoxy groups -OCH3 is 2. The molecule has 34 heavy (non-hydrogen) atoms. The van der Waals surface area contributed by atoms with Crippen molar-refractivity contribution in [1.82, 2.24) is 4.98 Å². The minimum Gasteiger partial charge on any atom is -0.493 e. The third kappa shape index (κ3) is 5.53. The van der Waals surface area contributed by atoms with Crippen LogP contribution in [0.5, 0.6) is 23.0 Å². The number of amides is 1. The SMILES string of the molecule is COc1cc2nccc(Oc3ccc(N(CCC4CCCCCC4)C(=O)O)cc3)c2cc1OC. The van der Waals surface area contributed by atoms with Gasteiger partial charge in [0, 0.05) is 29.9 Å². The van der Waals surface area contributed by atoms with E-state index in [9.17, 15) is 9.90 Å². The van der Waals surface area contributed by atoms with E-state index in [-0.39, 0.29) is 0 Å². The van der Waals surface area contributed by atoms with E-state index in [2.05, 4.69) is 4.98 Å². The number of benzene rings is 2. The number of rotatable bonds is 8. The molecule has 1 saturated carbocycles. The molecule has 0 spiro atoms. The second-order valence-electron chi connectivity index (χ2n) is 8.71. The Kier molecular flexibility index (Phi) is 7.72. The number of fused-ring (bicyclic) bond motifs is 1.